The Kier molecular flexibility index (Phi) is 7.63. The third-order valence-electron chi connectivity index (χ3n) is 3.17. The molecule has 0 unspecified atom stereocenters. The smallest absolute Gasteiger partial charge is 0.246 e. The highest BCUT2D eigenvalue weighted by Crippen LogP contribution is 2.19. The molecule has 0 aliphatic heterocycles. The van der Waals surface area contributed by atoms with Gasteiger partial charge in [0.1, 0.15) is 0 Å². The van der Waals surface area contributed by atoms with Gasteiger partial charge >= 0.3 is 0 Å². The van der Waals surface area contributed by atoms with Gasteiger partial charge in [0.15, 0.2) is 0 Å². The van der Waals surface area contributed by atoms with Crippen LogP contribution in [0.2, 0.25) is 0 Å². The summed E-state index contributed by atoms with van der Waals surface area (Å²) in [5, 5.41) is 3.36. The van der Waals surface area contributed by atoms with Crippen LogP contribution in [0.3, 0.4) is 0 Å². The Morgan fingerprint density at radius 1 is 0.950 bits per heavy atom. The third-order valence-corrected chi connectivity index (χ3v) is 3.17. The molecule has 0 aliphatic carbocycles. The third kappa shape index (κ3) is 6.40. The molecule has 1 N–H and O–H groups in total. The summed E-state index contributed by atoms with van der Waals surface area (Å²) in [7, 11) is 0. The molecule has 20 heavy (non-hydrogen) atoms. The molecule has 3 heteroatoms. The van der Waals surface area contributed by atoms with Crippen molar-refractivity contribution in [2.45, 2.75) is 59.3 Å². The number of aryl methyl sites for hydroxylation is 1. The molecule has 0 amide bonds. The first-order chi connectivity index (χ1) is 9.59. The quantitative estimate of drug-likeness (QED) is 0.497. The second kappa shape index (κ2) is 8.98. The molecule has 0 bridgehead atoms. The lowest BCUT2D eigenvalue weighted by Gasteiger charge is -2.32. The van der Waals surface area contributed by atoms with E-state index < -0.39 is 5.91 Å². The number of hydrogen-bond acceptors (Lipinski definition) is 3. The van der Waals surface area contributed by atoms with E-state index in [2.05, 4.69) is 50.4 Å². The fourth-order valence-corrected chi connectivity index (χ4v) is 1.84. The van der Waals surface area contributed by atoms with E-state index in [4.69, 9.17) is 9.47 Å². The lowest BCUT2D eigenvalue weighted by atomic mass is 10.2. The van der Waals surface area contributed by atoms with Crippen molar-refractivity contribution in [2.75, 3.05) is 18.5 Å². The number of unbranched alkanes of at least 4 members (excludes halogenated alkanes) is 2. The maximum Gasteiger partial charge on any atom is 0.246 e. The highest BCUT2D eigenvalue weighted by atomic mass is 16.7. The number of rotatable bonds is 10. The monoisotopic (exact) mass is 279 g/mol. The predicted octanol–water partition coefficient (Wildman–Crippen LogP) is 4.71. The minimum atomic E-state index is -0.750. The van der Waals surface area contributed by atoms with Gasteiger partial charge in [-0.1, -0.05) is 44.4 Å². The van der Waals surface area contributed by atoms with E-state index in [1.807, 2.05) is 6.92 Å². The van der Waals surface area contributed by atoms with Crippen molar-refractivity contribution in [1.29, 1.82) is 0 Å². The minimum absolute atomic E-state index is 0.706. The zero-order chi connectivity index (χ0) is 14.8. The maximum absolute atomic E-state index is 5.92. The molecular formula is C17H29NO2. The topological polar surface area (TPSA) is 30.5 Å². The van der Waals surface area contributed by atoms with Gasteiger partial charge in [-0.25, -0.2) is 0 Å². The molecule has 0 spiro atoms. The predicted molar refractivity (Wildman–Crippen MR) is 84.9 cm³/mol. The summed E-state index contributed by atoms with van der Waals surface area (Å²) in [5.74, 6) is -0.750. The number of hydrogen-bond donors (Lipinski definition) is 1. The van der Waals surface area contributed by atoms with Gasteiger partial charge in [-0.05, 0) is 31.9 Å². The first kappa shape index (κ1) is 17.0. The summed E-state index contributed by atoms with van der Waals surface area (Å²) in [6, 6.07) is 8.28. The van der Waals surface area contributed by atoms with Crippen molar-refractivity contribution < 1.29 is 9.47 Å². The van der Waals surface area contributed by atoms with Crippen LogP contribution >= 0.6 is 0 Å². The first-order valence-corrected chi connectivity index (χ1v) is 7.72. The summed E-state index contributed by atoms with van der Waals surface area (Å²) in [6.07, 6.45) is 4.33. The largest absolute Gasteiger partial charge is 0.335 e. The normalized spacial score (nSPS) is 11.6. The van der Waals surface area contributed by atoms with Crippen LogP contribution < -0.4 is 5.32 Å². The standard InChI is InChI=1S/C17H29NO2/c1-5-7-13-19-17(4,20-14-8-6-2)18-16-11-9-15(3)10-12-16/h9-12,18H,5-8,13-14H2,1-4H3. The van der Waals surface area contributed by atoms with Crippen LogP contribution in [0.1, 0.15) is 52.0 Å². The van der Waals surface area contributed by atoms with E-state index in [1.165, 1.54) is 5.56 Å². The van der Waals surface area contributed by atoms with E-state index in [0.29, 0.717) is 13.2 Å². The first-order valence-electron chi connectivity index (χ1n) is 7.72. The average molecular weight is 279 g/mol. The van der Waals surface area contributed by atoms with E-state index in [-0.39, 0.29) is 0 Å². The lowest BCUT2D eigenvalue weighted by Crippen LogP contribution is -2.41. The second-order valence-corrected chi connectivity index (χ2v) is 5.34. The highest BCUT2D eigenvalue weighted by molar-refractivity contribution is 5.45. The van der Waals surface area contributed by atoms with Crippen molar-refractivity contribution in [2.24, 2.45) is 0 Å². The number of anilines is 1. The molecule has 0 aromatic heterocycles. The van der Waals surface area contributed by atoms with Gasteiger partial charge in [-0.15, -0.1) is 0 Å². The van der Waals surface area contributed by atoms with E-state index >= 15 is 0 Å². The SMILES string of the molecule is CCCCOC(C)(Nc1ccc(C)cc1)OCCCC. The van der Waals surface area contributed by atoms with Gasteiger partial charge in [0.25, 0.3) is 0 Å². The van der Waals surface area contributed by atoms with Crippen LogP contribution in [0.15, 0.2) is 24.3 Å². The van der Waals surface area contributed by atoms with Gasteiger partial charge in [-0.3, -0.25) is 0 Å². The van der Waals surface area contributed by atoms with Crippen molar-refractivity contribution >= 4 is 5.69 Å². The summed E-state index contributed by atoms with van der Waals surface area (Å²) in [6.45, 7) is 9.77. The van der Waals surface area contributed by atoms with Crippen molar-refractivity contribution in [3.8, 4) is 0 Å². The van der Waals surface area contributed by atoms with Crippen LogP contribution in [0.25, 0.3) is 0 Å². The van der Waals surface area contributed by atoms with Crippen molar-refractivity contribution in [1.82, 2.24) is 0 Å². The summed E-state index contributed by atoms with van der Waals surface area (Å²) in [5.41, 5.74) is 2.27. The molecule has 0 saturated heterocycles. The van der Waals surface area contributed by atoms with E-state index in [9.17, 15) is 0 Å². The van der Waals surface area contributed by atoms with E-state index in [1.54, 1.807) is 0 Å². The van der Waals surface area contributed by atoms with Crippen LogP contribution in [-0.4, -0.2) is 19.1 Å². The molecule has 0 atom stereocenters. The Balaban J connectivity index is 2.62. The zero-order valence-electron chi connectivity index (χ0n) is 13.4. The van der Waals surface area contributed by atoms with Crippen LogP contribution in [0, 0.1) is 6.92 Å². The molecule has 0 saturated carbocycles. The van der Waals surface area contributed by atoms with Crippen molar-refractivity contribution in [3.05, 3.63) is 29.8 Å². The molecule has 0 aliphatic rings. The Bertz CT molecular complexity index is 352. The molecule has 1 aromatic carbocycles. The van der Waals surface area contributed by atoms with Crippen LogP contribution in [0.5, 0.6) is 0 Å². The number of nitrogens with one attached hydrogen (secondary N) is 1. The zero-order valence-corrected chi connectivity index (χ0v) is 13.4. The molecule has 1 aromatic rings. The lowest BCUT2D eigenvalue weighted by molar-refractivity contribution is -0.206. The van der Waals surface area contributed by atoms with Gasteiger partial charge in [0.05, 0.1) is 13.2 Å². The Labute approximate surface area is 123 Å². The minimum Gasteiger partial charge on any atom is -0.335 e. The Hall–Kier alpha value is -1.06. The number of ether oxygens (including phenoxy) is 2. The summed E-state index contributed by atoms with van der Waals surface area (Å²) >= 11 is 0. The molecule has 0 fully saturated rings. The van der Waals surface area contributed by atoms with E-state index in [0.717, 1.165) is 31.4 Å². The maximum atomic E-state index is 5.92. The molecule has 3 nitrogen and oxygen atoms in total. The Morgan fingerprint density at radius 2 is 1.45 bits per heavy atom. The van der Waals surface area contributed by atoms with Gasteiger partial charge < -0.3 is 14.8 Å². The second-order valence-electron chi connectivity index (χ2n) is 5.34. The molecule has 0 radical (unpaired) electrons. The molecular weight excluding hydrogens is 250 g/mol. The number of benzene rings is 1. The van der Waals surface area contributed by atoms with Crippen LogP contribution in [0.4, 0.5) is 5.69 Å². The van der Waals surface area contributed by atoms with Gasteiger partial charge in [0, 0.05) is 12.6 Å². The van der Waals surface area contributed by atoms with Crippen molar-refractivity contribution in [3.63, 3.8) is 0 Å². The average Bonchev–Trinajstić information content (AvgIpc) is 2.42. The highest BCUT2D eigenvalue weighted by Gasteiger charge is 2.25. The summed E-state index contributed by atoms with van der Waals surface area (Å²) in [4.78, 5) is 0. The van der Waals surface area contributed by atoms with Crippen LogP contribution in [-0.2, 0) is 9.47 Å². The van der Waals surface area contributed by atoms with Gasteiger partial charge in [0.2, 0.25) is 5.91 Å². The fourth-order valence-electron chi connectivity index (χ4n) is 1.84. The fraction of sp³-hybridized carbons (Fsp3) is 0.647. The Morgan fingerprint density at radius 3 is 1.90 bits per heavy atom. The molecule has 0 heterocycles. The van der Waals surface area contributed by atoms with Gasteiger partial charge in [-0.2, -0.15) is 0 Å². The molecule has 1 rings (SSSR count). The summed E-state index contributed by atoms with van der Waals surface area (Å²) < 4.78 is 11.8. The molecule has 114 valence electrons.